The van der Waals surface area contributed by atoms with Crippen LogP contribution in [0.5, 0.6) is 5.75 Å². The standard InChI is InChI=1S/C20H21N3O5/c1-14(15-6-5-7-16(12-15)23(26)27)21(2)20(25)13-22-17-8-3-4-9-18(17)28-11-10-19(22)24/h3-9,12,14H,10-11,13H2,1-2H3/t14-/m1/s1. The van der Waals surface area contributed by atoms with Gasteiger partial charge in [-0.1, -0.05) is 24.3 Å². The maximum Gasteiger partial charge on any atom is 0.269 e. The zero-order valence-corrected chi connectivity index (χ0v) is 15.7. The molecule has 146 valence electrons. The summed E-state index contributed by atoms with van der Waals surface area (Å²) in [6, 6.07) is 12.9. The Kier molecular flexibility index (Phi) is 5.58. The molecule has 1 atom stereocenters. The van der Waals surface area contributed by atoms with E-state index in [4.69, 9.17) is 4.74 Å². The molecule has 1 heterocycles. The maximum absolute atomic E-state index is 12.9. The van der Waals surface area contributed by atoms with Crippen LogP contribution in [-0.2, 0) is 9.59 Å². The van der Waals surface area contributed by atoms with Crippen LogP contribution >= 0.6 is 0 Å². The molecule has 2 aromatic rings. The van der Waals surface area contributed by atoms with Crippen molar-refractivity contribution in [2.24, 2.45) is 0 Å². The zero-order chi connectivity index (χ0) is 20.3. The zero-order valence-electron chi connectivity index (χ0n) is 15.7. The second kappa shape index (κ2) is 8.08. The molecule has 0 N–H and O–H groups in total. The van der Waals surface area contributed by atoms with E-state index in [1.54, 1.807) is 44.3 Å². The summed E-state index contributed by atoms with van der Waals surface area (Å²) in [5, 5.41) is 11.0. The van der Waals surface area contributed by atoms with Crippen LogP contribution < -0.4 is 9.64 Å². The molecule has 0 fully saturated rings. The number of carbonyl (C=O) groups is 2. The van der Waals surface area contributed by atoms with Crippen LogP contribution in [-0.4, -0.2) is 41.8 Å². The van der Waals surface area contributed by atoms with E-state index in [9.17, 15) is 19.7 Å². The number of nitrogens with zero attached hydrogens (tertiary/aromatic N) is 3. The lowest BCUT2D eigenvalue weighted by atomic mass is 10.1. The van der Waals surface area contributed by atoms with E-state index in [1.165, 1.54) is 21.9 Å². The minimum Gasteiger partial charge on any atom is -0.491 e. The SMILES string of the molecule is C[C@H](c1cccc([N+](=O)[O-])c1)N(C)C(=O)CN1C(=O)CCOc2ccccc21. The molecule has 0 saturated carbocycles. The van der Waals surface area contributed by atoms with E-state index in [0.29, 0.717) is 17.0 Å². The highest BCUT2D eigenvalue weighted by Crippen LogP contribution is 2.31. The lowest BCUT2D eigenvalue weighted by Crippen LogP contribution is -2.42. The van der Waals surface area contributed by atoms with Crippen molar-refractivity contribution in [1.29, 1.82) is 0 Å². The number of nitro groups is 1. The third kappa shape index (κ3) is 3.95. The number of amides is 2. The lowest BCUT2D eigenvalue weighted by molar-refractivity contribution is -0.384. The molecule has 2 amide bonds. The van der Waals surface area contributed by atoms with Gasteiger partial charge in [-0.3, -0.25) is 24.6 Å². The molecular weight excluding hydrogens is 362 g/mol. The Morgan fingerprint density at radius 2 is 2.04 bits per heavy atom. The molecule has 0 aromatic heterocycles. The van der Waals surface area contributed by atoms with Gasteiger partial charge >= 0.3 is 0 Å². The molecule has 8 heteroatoms. The fourth-order valence-electron chi connectivity index (χ4n) is 3.08. The molecule has 28 heavy (non-hydrogen) atoms. The first-order valence-electron chi connectivity index (χ1n) is 8.90. The predicted octanol–water partition coefficient (Wildman–Crippen LogP) is 2.93. The van der Waals surface area contributed by atoms with E-state index in [0.717, 1.165) is 0 Å². The minimum absolute atomic E-state index is 0.0287. The Balaban J connectivity index is 1.79. The van der Waals surface area contributed by atoms with Crippen molar-refractivity contribution >= 4 is 23.2 Å². The van der Waals surface area contributed by atoms with Crippen molar-refractivity contribution in [1.82, 2.24) is 4.90 Å². The fourth-order valence-corrected chi connectivity index (χ4v) is 3.08. The van der Waals surface area contributed by atoms with Crippen LogP contribution in [0.15, 0.2) is 48.5 Å². The molecule has 0 radical (unpaired) electrons. The molecule has 2 aromatic carbocycles. The number of nitro benzene ring substituents is 1. The van der Waals surface area contributed by atoms with Gasteiger partial charge in [0.05, 0.1) is 29.7 Å². The van der Waals surface area contributed by atoms with Gasteiger partial charge in [0.15, 0.2) is 0 Å². The van der Waals surface area contributed by atoms with Gasteiger partial charge in [0.2, 0.25) is 11.8 Å². The summed E-state index contributed by atoms with van der Waals surface area (Å²) in [6.45, 7) is 1.92. The van der Waals surface area contributed by atoms with Crippen molar-refractivity contribution in [2.75, 3.05) is 25.1 Å². The average molecular weight is 383 g/mol. The van der Waals surface area contributed by atoms with Crippen molar-refractivity contribution in [3.63, 3.8) is 0 Å². The van der Waals surface area contributed by atoms with Crippen molar-refractivity contribution in [3.05, 3.63) is 64.2 Å². The van der Waals surface area contributed by atoms with Crippen LogP contribution in [0.1, 0.15) is 24.9 Å². The summed E-state index contributed by atoms with van der Waals surface area (Å²) in [5.41, 5.74) is 1.18. The van der Waals surface area contributed by atoms with E-state index in [1.807, 2.05) is 6.07 Å². The Morgan fingerprint density at radius 3 is 2.79 bits per heavy atom. The second-order valence-electron chi connectivity index (χ2n) is 6.58. The molecule has 8 nitrogen and oxygen atoms in total. The monoisotopic (exact) mass is 383 g/mol. The highest BCUT2D eigenvalue weighted by atomic mass is 16.6. The average Bonchev–Trinajstić information content (AvgIpc) is 2.86. The second-order valence-corrected chi connectivity index (χ2v) is 6.58. The first kappa shape index (κ1) is 19.3. The fraction of sp³-hybridized carbons (Fsp3) is 0.300. The number of anilines is 1. The lowest BCUT2D eigenvalue weighted by Gasteiger charge is -2.29. The van der Waals surface area contributed by atoms with Crippen LogP contribution in [0.2, 0.25) is 0 Å². The van der Waals surface area contributed by atoms with E-state index >= 15 is 0 Å². The van der Waals surface area contributed by atoms with Gasteiger partial charge in [0, 0.05) is 19.2 Å². The van der Waals surface area contributed by atoms with Gasteiger partial charge in [-0.2, -0.15) is 0 Å². The van der Waals surface area contributed by atoms with Crippen molar-refractivity contribution in [2.45, 2.75) is 19.4 Å². The maximum atomic E-state index is 12.9. The predicted molar refractivity (Wildman–Crippen MR) is 103 cm³/mol. The molecule has 1 aliphatic rings. The van der Waals surface area contributed by atoms with Gasteiger partial charge < -0.3 is 9.64 Å². The summed E-state index contributed by atoms with van der Waals surface area (Å²) in [7, 11) is 1.62. The third-order valence-electron chi connectivity index (χ3n) is 4.86. The smallest absolute Gasteiger partial charge is 0.269 e. The Morgan fingerprint density at radius 1 is 1.29 bits per heavy atom. The Hall–Kier alpha value is -3.42. The molecule has 0 saturated heterocycles. The highest BCUT2D eigenvalue weighted by molar-refractivity contribution is 6.00. The number of para-hydroxylation sites is 2. The molecule has 0 bridgehead atoms. The number of hydrogen-bond acceptors (Lipinski definition) is 5. The summed E-state index contributed by atoms with van der Waals surface area (Å²) in [4.78, 5) is 38.8. The summed E-state index contributed by atoms with van der Waals surface area (Å²) in [5.74, 6) is 0.106. The number of rotatable bonds is 5. The highest BCUT2D eigenvalue weighted by Gasteiger charge is 2.28. The van der Waals surface area contributed by atoms with Crippen LogP contribution in [0.25, 0.3) is 0 Å². The summed E-state index contributed by atoms with van der Waals surface area (Å²) in [6.07, 6.45) is 0.187. The largest absolute Gasteiger partial charge is 0.491 e. The number of fused-ring (bicyclic) bond motifs is 1. The quantitative estimate of drug-likeness (QED) is 0.585. The van der Waals surface area contributed by atoms with Gasteiger partial charge in [-0.05, 0) is 24.6 Å². The van der Waals surface area contributed by atoms with Crippen molar-refractivity contribution in [3.8, 4) is 5.75 Å². The molecule has 3 rings (SSSR count). The first-order valence-corrected chi connectivity index (χ1v) is 8.90. The van der Waals surface area contributed by atoms with E-state index in [2.05, 4.69) is 0 Å². The van der Waals surface area contributed by atoms with Gasteiger partial charge in [-0.15, -0.1) is 0 Å². The Labute approximate surface area is 162 Å². The summed E-state index contributed by atoms with van der Waals surface area (Å²) < 4.78 is 5.59. The number of carbonyl (C=O) groups excluding carboxylic acids is 2. The van der Waals surface area contributed by atoms with Gasteiger partial charge in [0.1, 0.15) is 12.3 Å². The number of ether oxygens (including phenoxy) is 1. The van der Waals surface area contributed by atoms with Crippen LogP contribution in [0.3, 0.4) is 0 Å². The number of non-ortho nitro benzene ring substituents is 1. The summed E-state index contributed by atoms with van der Waals surface area (Å²) >= 11 is 0. The number of hydrogen-bond donors (Lipinski definition) is 0. The van der Waals surface area contributed by atoms with Crippen LogP contribution in [0, 0.1) is 10.1 Å². The minimum atomic E-state index is -0.467. The number of likely N-dealkylation sites (N-methyl/N-ethyl adjacent to an activating group) is 1. The number of benzene rings is 2. The molecule has 1 aliphatic heterocycles. The first-order chi connectivity index (χ1) is 13.4. The molecular formula is C20H21N3O5. The normalized spacial score (nSPS) is 14.5. The topological polar surface area (TPSA) is 93.0 Å². The van der Waals surface area contributed by atoms with E-state index < -0.39 is 4.92 Å². The molecule has 0 aliphatic carbocycles. The molecule has 0 spiro atoms. The molecule has 0 unspecified atom stereocenters. The van der Waals surface area contributed by atoms with Gasteiger partial charge in [0.25, 0.3) is 5.69 Å². The van der Waals surface area contributed by atoms with E-state index in [-0.39, 0.29) is 43.1 Å². The van der Waals surface area contributed by atoms with Crippen LogP contribution in [0.4, 0.5) is 11.4 Å². The third-order valence-corrected chi connectivity index (χ3v) is 4.86. The van der Waals surface area contributed by atoms with Gasteiger partial charge in [-0.25, -0.2) is 0 Å². The van der Waals surface area contributed by atoms with Crippen molar-refractivity contribution < 1.29 is 19.2 Å². The Bertz CT molecular complexity index is 914.